The summed E-state index contributed by atoms with van der Waals surface area (Å²) in [5.74, 6) is 1.30. The molecule has 1 rings (SSSR count). The van der Waals surface area contributed by atoms with Crippen molar-refractivity contribution in [2.45, 2.75) is 31.7 Å². The van der Waals surface area contributed by atoms with Gasteiger partial charge in [0.15, 0.2) is 0 Å². The largest absolute Gasteiger partial charge is 0.313 e. The topological polar surface area (TPSA) is 12.0 Å². The van der Waals surface area contributed by atoms with E-state index in [1.54, 1.807) is 0 Å². The van der Waals surface area contributed by atoms with E-state index in [1.165, 1.54) is 37.0 Å². The third-order valence-corrected chi connectivity index (χ3v) is 3.59. The Hall–Kier alpha value is -0.470. The van der Waals surface area contributed by atoms with E-state index in [-0.39, 0.29) is 0 Å². The molecule has 0 aromatic heterocycles. The Bertz CT molecular complexity index is 261. The highest BCUT2D eigenvalue weighted by Gasteiger charge is 2.07. The van der Waals surface area contributed by atoms with Gasteiger partial charge in [0.1, 0.15) is 0 Å². The molecule has 90 valence electrons. The highest BCUT2D eigenvalue weighted by molar-refractivity contribution is 7.98. The number of hydrogen-bond donors (Lipinski definition) is 1. The SMILES string of the molecule is CNC(CCCCCSC)c1ccccc1. The Balaban J connectivity index is 2.27. The van der Waals surface area contributed by atoms with Gasteiger partial charge < -0.3 is 5.32 Å². The van der Waals surface area contributed by atoms with Crippen LogP contribution in [-0.4, -0.2) is 19.1 Å². The molecule has 0 heterocycles. The first kappa shape index (κ1) is 13.6. The summed E-state index contributed by atoms with van der Waals surface area (Å²) in [6, 6.07) is 11.3. The van der Waals surface area contributed by atoms with Gasteiger partial charge in [-0.2, -0.15) is 11.8 Å². The molecule has 0 amide bonds. The predicted molar refractivity (Wildman–Crippen MR) is 75.1 cm³/mol. The molecule has 1 aromatic carbocycles. The minimum absolute atomic E-state index is 0.524. The minimum atomic E-state index is 0.524. The van der Waals surface area contributed by atoms with Crippen LogP contribution in [0.1, 0.15) is 37.3 Å². The molecule has 1 unspecified atom stereocenters. The lowest BCUT2D eigenvalue weighted by molar-refractivity contribution is 0.513. The van der Waals surface area contributed by atoms with E-state index >= 15 is 0 Å². The van der Waals surface area contributed by atoms with Gasteiger partial charge in [0.05, 0.1) is 0 Å². The van der Waals surface area contributed by atoms with Crippen molar-refractivity contribution in [1.82, 2.24) is 5.32 Å². The van der Waals surface area contributed by atoms with Crippen molar-refractivity contribution < 1.29 is 0 Å². The molecule has 1 atom stereocenters. The quantitative estimate of drug-likeness (QED) is 0.689. The van der Waals surface area contributed by atoms with Crippen LogP contribution in [0.2, 0.25) is 0 Å². The predicted octanol–water partition coefficient (Wildman–Crippen LogP) is 3.87. The third kappa shape index (κ3) is 5.04. The maximum absolute atomic E-state index is 3.40. The molecule has 1 aromatic rings. The maximum Gasteiger partial charge on any atom is 0.0317 e. The van der Waals surface area contributed by atoms with Crippen LogP contribution in [0, 0.1) is 0 Å². The highest BCUT2D eigenvalue weighted by atomic mass is 32.2. The Labute approximate surface area is 104 Å². The van der Waals surface area contributed by atoms with Gasteiger partial charge in [0.25, 0.3) is 0 Å². The average molecular weight is 237 g/mol. The monoisotopic (exact) mass is 237 g/mol. The molecule has 0 aliphatic rings. The molecule has 1 N–H and O–H groups in total. The molecule has 0 spiro atoms. The Morgan fingerprint density at radius 1 is 1.12 bits per heavy atom. The van der Waals surface area contributed by atoms with Crippen LogP contribution in [-0.2, 0) is 0 Å². The molecule has 0 saturated carbocycles. The molecule has 0 bridgehead atoms. The van der Waals surface area contributed by atoms with Crippen molar-refractivity contribution >= 4 is 11.8 Å². The molecule has 0 aliphatic heterocycles. The molecule has 2 heteroatoms. The normalized spacial score (nSPS) is 12.6. The first-order valence-electron chi connectivity index (χ1n) is 6.09. The Kier molecular flexibility index (Phi) is 7.35. The van der Waals surface area contributed by atoms with Gasteiger partial charge in [-0.15, -0.1) is 0 Å². The molecule has 0 radical (unpaired) electrons. The van der Waals surface area contributed by atoms with Crippen LogP contribution in [0.4, 0.5) is 0 Å². The molecular weight excluding hydrogens is 214 g/mol. The minimum Gasteiger partial charge on any atom is -0.313 e. The molecule has 1 nitrogen and oxygen atoms in total. The summed E-state index contributed by atoms with van der Waals surface area (Å²) in [6.07, 6.45) is 7.45. The van der Waals surface area contributed by atoms with Crippen molar-refractivity contribution in [3.8, 4) is 0 Å². The van der Waals surface area contributed by atoms with Crippen LogP contribution in [0.5, 0.6) is 0 Å². The lowest BCUT2D eigenvalue weighted by atomic mass is 10.0. The second-order valence-electron chi connectivity index (χ2n) is 4.09. The van der Waals surface area contributed by atoms with Gasteiger partial charge in [0, 0.05) is 6.04 Å². The number of hydrogen-bond acceptors (Lipinski definition) is 2. The molecule has 0 aliphatic carbocycles. The number of thioether (sulfide) groups is 1. The third-order valence-electron chi connectivity index (χ3n) is 2.89. The van der Waals surface area contributed by atoms with Crippen molar-refractivity contribution in [3.63, 3.8) is 0 Å². The van der Waals surface area contributed by atoms with Crippen LogP contribution >= 0.6 is 11.8 Å². The zero-order valence-electron chi connectivity index (χ0n) is 10.4. The second-order valence-corrected chi connectivity index (χ2v) is 5.08. The first-order chi connectivity index (χ1) is 7.88. The van der Waals surface area contributed by atoms with E-state index in [2.05, 4.69) is 49.0 Å². The van der Waals surface area contributed by atoms with Crippen LogP contribution in [0.25, 0.3) is 0 Å². The zero-order valence-corrected chi connectivity index (χ0v) is 11.2. The standard InChI is InChI=1S/C14H23NS/c1-15-14(11-7-4-8-12-16-2)13-9-5-3-6-10-13/h3,5-6,9-10,14-15H,4,7-8,11-12H2,1-2H3. The summed E-state index contributed by atoms with van der Waals surface area (Å²) in [5.41, 5.74) is 1.41. The fraction of sp³-hybridized carbons (Fsp3) is 0.571. The summed E-state index contributed by atoms with van der Waals surface area (Å²) >= 11 is 1.95. The number of unbranched alkanes of at least 4 members (excludes halogenated alkanes) is 2. The van der Waals surface area contributed by atoms with E-state index in [0.29, 0.717) is 6.04 Å². The smallest absolute Gasteiger partial charge is 0.0317 e. The van der Waals surface area contributed by atoms with Gasteiger partial charge in [0.2, 0.25) is 0 Å². The van der Waals surface area contributed by atoms with E-state index in [4.69, 9.17) is 0 Å². The van der Waals surface area contributed by atoms with E-state index in [0.717, 1.165) is 0 Å². The zero-order chi connectivity index (χ0) is 11.6. The van der Waals surface area contributed by atoms with Gasteiger partial charge in [-0.1, -0.05) is 43.2 Å². The number of benzene rings is 1. The van der Waals surface area contributed by atoms with E-state index < -0.39 is 0 Å². The average Bonchev–Trinajstić information content (AvgIpc) is 2.35. The Morgan fingerprint density at radius 2 is 1.88 bits per heavy atom. The summed E-state index contributed by atoms with van der Waals surface area (Å²) in [7, 11) is 2.06. The fourth-order valence-electron chi connectivity index (χ4n) is 1.93. The summed E-state index contributed by atoms with van der Waals surface area (Å²) in [5, 5.41) is 3.40. The molecule has 16 heavy (non-hydrogen) atoms. The van der Waals surface area contributed by atoms with Crippen LogP contribution in [0.3, 0.4) is 0 Å². The van der Waals surface area contributed by atoms with Crippen molar-refractivity contribution in [1.29, 1.82) is 0 Å². The van der Waals surface area contributed by atoms with Gasteiger partial charge >= 0.3 is 0 Å². The summed E-state index contributed by atoms with van der Waals surface area (Å²) in [6.45, 7) is 0. The van der Waals surface area contributed by atoms with Crippen LogP contribution < -0.4 is 5.32 Å². The van der Waals surface area contributed by atoms with Crippen molar-refractivity contribution in [2.24, 2.45) is 0 Å². The van der Waals surface area contributed by atoms with E-state index in [9.17, 15) is 0 Å². The number of nitrogens with one attached hydrogen (secondary N) is 1. The first-order valence-corrected chi connectivity index (χ1v) is 7.49. The second kappa shape index (κ2) is 8.66. The van der Waals surface area contributed by atoms with E-state index in [1.807, 2.05) is 11.8 Å². The van der Waals surface area contributed by atoms with Crippen molar-refractivity contribution in [2.75, 3.05) is 19.1 Å². The van der Waals surface area contributed by atoms with Crippen LogP contribution in [0.15, 0.2) is 30.3 Å². The van der Waals surface area contributed by atoms with Crippen molar-refractivity contribution in [3.05, 3.63) is 35.9 Å². The van der Waals surface area contributed by atoms with Gasteiger partial charge in [-0.05, 0) is 37.5 Å². The lowest BCUT2D eigenvalue weighted by Gasteiger charge is -2.16. The van der Waals surface area contributed by atoms with Gasteiger partial charge in [-0.3, -0.25) is 0 Å². The van der Waals surface area contributed by atoms with Gasteiger partial charge in [-0.25, -0.2) is 0 Å². The summed E-state index contributed by atoms with van der Waals surface area (Å²) < 4.78 is 0. The highest BCUT2D eigenvalue weighted by Crippen LogP contribution is 2.19. The molecular formula is C14H23NS. The fourth-order valence-corrected chi connectivity index (χ4v) is 2.43. The maximum atomic E-state index is 3.40. The summed E-state index contributed by atoms with van der Waals surface area (Å²) in [4.78, 5) is 0. The number of rotatable bonds is 8. The molecule has 0 saturated heterocycles. The Morgan fingerprint density at radius 3 is 2.50 bits per heavy atom. The lowest BCUT2D eigenvalue weighted by Crippen LogP contribution is -2.16. The molecule has 0 fully saturated rings.